The summed E-state index contributed by atoms with van der Waals surface area (Å²) in [5.74, 6) is 0.0977. The Hall–Kier alpha value is -1.56. The van der Waals surface area contributed by atoms with Crippen molar-refractivity contribution in [1.29, 1.82) is 0 Å². The van der Waals surface area contributed by atoms with Crippen molar-refractivity contribution in [2.24, 2.45) is 13.0 Å². The zero-order chi connectivity index (χ0) is 14.6. The first-order chi connectivity index (χ1) is 8.81. The Bertz CT molecular complexity index is 471. The van der Waals surface area contributed by atoms with Gasteiger partial charge < -0.3 is 9.88 Å². The first-order valence-corrected chi connectivity index (χ1v) is 6.48. The largest absolute Gasteiger partial charge is 0.349 e. The molecule has 1 aromatic rings. The van der Waals surface area contributed by atoms with Crippen LogP contribution in [-0.4, -0.2) is 27.3 Å². The zero-order valence-corrected chi connectivity index (χ0v) is 12.0. The molecule has 1 heterocycles. The van der Waals surface area contributed by atoms with Crippen molar-refractivity contribution < 1.29 is 9.72 Å². The van der Waals surface area contributed by atoms with Gasteiger partial charge in [0.15, 0.2) is 0 Å². The summed E-state index contributed by atoms with van der Waals surface area (Å²) in [6, 6.07) is 1.25. The number of halogens is 1. The van der Waals surface area contributed by atoms with E-state index in [2.05, 4.69) is 19.2 Å². The second kappa shape index (κ2) is 6.56. The van der Waals surface area contributed by atoms with Crippen molar-refractivity contribution in [3.8, 4) is 0 Å². The summed E-state index contributed by atoms with van der Waals surface area (Å²) in [6.45, 7) is 4.45. The number of nitro groups is 1. The van der Waals surface area contributed by atoms with Gasteiger partial charge in [-0.3, -0.25) is 14.9 Å². The number of nitrogens with one attached hydrogen (secondary N) is 1. The molecule has 1 unspecified atom stereocenters. The highest BCUT2D eigenvalue weighted by Crippen LogP contribution is 2.15. The van der Waals surface area contributed by atoms with Gasteiger partial charge in [0.25, 0.3) is 11.6 Å². The van der Waals surface area contributed by atoms with Crippen LogP contribution in [0.15, 0.2) is 12.3 Å². The summed E-state index contributed by atoms with van der Waals surface area (Å²) < 4.78 is 1.43. The summed E-state index contributed by atoms with van der Waals surface area (Å²) in [4.78, 5) is 22.0. The average molecular weight is 288 g/mol. The van der Waals surface area contributed by atoms with Crippen molar-refractivity contribution in [2.45, 2.75) is 25.6 Å². The lowest BCUT2D eigenvalue weighted by atomic mass is 10.1. The highest BCUT2D eigenvalue weighted by Gasteiger charge is 2.18. The van der Waals surface area contributed by atoms with Crippen LogP contribution in [0, 0.1) is 16.0 Å². The number of hydrogen-bond donors (Lipinski definition) is 1. The summed E-state index contributed by atoms with van der Waals surface area (Å²) in [6.07, 6.45) is 2.11. The van der Waals surface area contributed by atoms with Crippen LogP contribution in [0.1, 0.15) is 30.8 Å². The molecular weight excluding hydrogens is 270 g/mol. The van der Waals surface area contributed by atoms with Crippen molar-refractivity contribution in [1.82, 2.24) is 9.88 Å². The second-order valence-electron chi connectivity index (χ2n) is 4.89. The highest BCUT2D eigenvalue weighted by molar-refractivity contribution is 6.20. The number of carbonyl (C=O) groups excluding carboxylic acids is 1. The van der Waals surface area contributed by atoms with Gasteiger partial charge >= 0.3 is 0 Å². The standard InChI is InChI=1S/C12H18ClN3O3/c1-8(2)4-9(13)6-14-12(17)11-5-10(16(18)19)7-15(11)3/h5,7-9H,4,6H2,1-3H3,(H,14,17). The number of carbonyl (C=O) groups is 1. The summed E-state index contributed by atoms with van der Waals surface area (Å²) in [5.41, 5.74) is 0.150. The minimum absolute atomic E-state index is 0.0998. The van der Waals surface area contributed by atoms with E-state index in [1.165, 1.54) is 16.8 Å². The van der Waals surface area contributed by atoms with Gasteiger partial charge in [-0.2, -0.15) is 0 Å². The van der Waals surface area contributed by atoms with Gasteiger partial charge in [0.05, 0.1) is 16.5 Å². The fourth-order valence-electron chi connectivity index (χ4n) is 1.76. The summed E-state index contributed by atoms with van der Waals surface area (Å²) >= 11 is 6.07. The van der Waals surface area contributed by atoms with E-state index in [-0.39, 0.29) is 22.7 Å². The Morgan fingerprint density at radius 2 is 2.21 bits per heavy atom. The van der Waals surface area contributed by atoms with Crippen LogP contribution in [0.25, 0.3) is 0 Å². The average Bonchev–Trinajstić information content (AvgIpc) is 2.67. The van der Waals surface area contributed by atoms with E-state index >= 15 is 0 Å². The Labute approximate surface area is 116 Å². The Kier molecular flexibility index (Phi) is 5.35. The Morgan fingerprint density at radius 1 is 1.58 bits per heavy atom. The number of aryl methyl sites for hydroxylation is 1. The quantitative estimate of drug-likeness (QED) is 0.495. The van der Waals surface area contributed by atoms with Crippen molar-refractivity contribution >= 4 is 23.2 Å². The third-order valence-electron chi connectivity index (χ3n) is 2.65. The normalized spacial score (nSPS) is 12.5. The van der Waals surface area contributed by atoms with Crippen LogP contribution in [0.2, 0.25) is 0 Å². The lowest BCUT2D eigenvalue weighted by Crippen LogP contribution is -2.31. The monoisotopic (exact) mass is 287 g/mol. The molecule has 0 saturated carbocycles. The first kappa shape index (κ1) is 15.5. The minimum Gasteiger partial charge on any atom is -0.349 e. The van der Waals surface area contributed by atoms with Crippen LogP contribution in [-0.2, 0) is 7.05 Å². The third kappa shape index (κ3) is 4.55. The fraction of sp³-hybridized carbons (Fsp3) is 0.583. The fourth-order valence-corrected chi connectivity index (χ4v) is 2.20. The summed E-state index contributed by atoms with van der Waals surface area (Å²) in [5, 5.41) is 13.2. The molecule has 0 spiro atoms. The molecule has 1 atom stereocenters. The lowest BCUT2D eigenvalue weighted by molar-refractivity contribution is -0.384. The number of rotatable bonds is 6. The molecule has 6 nitrogen and oxygen atoms in total. The molecule has 1 N–H and O–H groups in total. The van der Waals surface area contributed by atoms with E-state index in [4.69, 9.17) is 11.6 Å². The zero-order valence-electron chi connectivity index (χ0n) is 11.2. The maximum absolute atomic E-state index is 11.9. The molecule has 19 heavy (non-hydrogen) atoms. The number of nitrogens with zero attached hydrogens (tertiary/aromatic N) is 2. The van der Waals surface area contributed by atoms with Crippen LogP contribution < -0.4 is 5.32 Å². The third-order valence-corrected chi connectivity index (χ3v) is 2.98. The van der Waals surface area contributed by atoms with Crippen molar-refractivity contribution in [2.75, 3.05) is 6.54 Å². The molecule has 0 fully saturated rings. The molecule has 0 aliphatic heterocycles. The molecule has 0 aromatic carbocycles. The van der Waals surface area contributed by atoms with Crippen LogP contribution in [0.3, 0.4) is 0 Å². The molecule has 0 radical (unpaired) electrons. The smallest absolute Gasteiger partial charge is 0.287 e. The van der Waals surface area contributed by atoms with Gasteiger partial charge in [0.1, 0.15) is 5.69 Å². The maximum atomic E-state index is 11.9. The molecule has 1 amide bonds. The first-order valence-electron chi connectivity index (χ1n) is 6.04. The van der Waals surface area contributed by atoms with Crippen LogP contribution >= 0.6 is 11.6 Å². The van der Waals surface area contributed by atoms with E-state index in [1.54, 1.807) is 7.05 Å². The summed E-state index contributed by atoms with van der Waals surface area (Å²) in [7, 11) is 1.59. The van der Waals surface area contributed by atoms with Crippen molar-refractivity contribution in [3.63, 3.8) is 0 Å². The van der Waals surface area contributed by atoms with Crippen LogP contribution in [0.4, 0.5) is 5.69 Å². The van der Waals surface area contributed by atoms with Gasteiger partial charge in [0, 0.05) is 19.7 Å². The van der Waals surface area contributed by atoms with Gasteiger partial charge in [0.2, 0.25) is 0 Å². The molecule has 0 aliphatic rings. The van der Waals surface area contributed by atoms with Crippen LogP contribution in [0.5, 0.6) is 0 Å². The molecule has 0 saturated heterocycles. The van der Waals surface area contributed by atoms with Gasteiger partial charge in [-0.1, -0.05) is 13.8 Å². The van der Waals surface area contributed by atoms with Crippen molar-refractivity contribution in [3.05, 3.63) is 28.1 Å². The Balaban J connectivity index is 2.61. The predicted molar refractivity (Wildman–Crippen MR) is 73.5 cm³/mol. The lowest BCUT2D eigenvalue weighted by Gasteiger charge is -2.12. The van der Waals surface area contributed by atoms with Gasteiger partial charge in [-0.15, -0.1) is 11.6 Å². The van der Waals surface area contributed by atoms with E-state index in [0.717, 1.165) is 6.42 Å². The number of aromatic nitrogens is 1. The molecule has 1 rings (SSSR count). The maximum Gasteiger partial charge on any atom is 0.287 e. The number of alkyl halides is 1. The molecule has 1 aromatic heterocycles. The predicted octanol–water partition coefficient (Wildman–Crippen LogP) is 2.32. The molecular formula is C12H18ClN3O3. The van der Waals surface area contributed by atoms with E-state index in [9.17, 15) is 14.9 Å². The Morgan fingerprint density at radius 3 is 2.68 bits per heavy atom. The minimum atomic E-state index is -0.528. The topological polar surface area (TPSA) is 77.2 Å². The van der Waals surface area contributed by atoms with E-state index in [0.29, 0.717) is 12.5 Å². The molecule has 0 aliphatic carbocycles. The van der Waals surface area contributed by atoms with Gasteiger partial charge in [-0.25, -0.2) is 0 Å². The number of hydrogen-bond acceptors (Lipinski definition) is 3. The van der Waals surface area contributed by atoms with E-state index in [1.807, 2.05) is 0 Å². The number of amides is 1. The van der Waals surface area contributed by atoms with Gasteiger partial charge in [-0.05, 0) is 12.3 Å². The molecule has 7 heteroatoms. The molecule has 106 valence electrons. The van der Waals surface area contributed by atoms with E-state index < -0.39 is 4.92 Å². The second-order valence-corrected chi connectivity index (χ2v) is 5.51. The SMILES string of the molecule is CC(C)CC(Cl)CNC(=O)c1cc([N+](=O)[O-])cn1C. The molecule has 0 bridgehead atoms. The highest BCUT2D eigenvalue weighted by atomic mass is 35.5.